The van der Waals surface area contributed by atoms with E-state index >= 15 is 0 Å². The second-order valence-corrected chi connectivity index (χ2v) is 10.4. The zero-order chi connectivity index (χ0) is 27.7. The van der Waals surface area contributed by atoms with Gasteiger partial charge in [0.2, 0.25) is 5.91 Å². The Kier molecular flexibility index (Phi) is 10.6. The lowest BCUT2D eigenvalue weighted by Gasteiger charge is -2.29. The van der Waals surface area contributed by atoms with E-state index in [9.17, 15) is 19.8 Å². The predicted molar refractivity (Wildman–Crippen MR) is 151 cm³/mol. The lowest BCUT2D eigenvalue weighted by atomic mass is 9.89. The first kappa shape index (κ1) is 29.5. The maximum atomic E-state index is 12.9. The van der Waals surface area contributed by atoms with Crippen LogP contribution in [0, 0.1) is 0 Å². The molecule has 0 saturated heterocycles. The molecule has 1 amide bonds. The lowest BCUT2D eigenvalue weighted by molar-refractivity contribution is -0.164. The van der Waals surface area contributed by atoms with Crippen LogP contribution >= 0.6 is 11.6 Å². The van der Waals surface area contributed by atoms with Gasteiger partial charge in [-0.15, -0.1) is 0 Å². The number of benzene rings is 2. The number of carbonyl (C=O) groups excluding carboxylic acids is 1. The monoisotopic (exact) mass is 542 g/mol. The number of hydrogen-bond donors (Lipinski definition) is 2. The van der Waals surface area contributed by atoms with Crippen LogP contribution in [0.5, 0.6) is 5.75 Å². The first-order valence-corrected chi connectivity index (χ1v) is 13.6. The average Bonchev–Trinajstić information content (AvgIpc) is 2.92. The second-order valence-electron chi connectivity index (χ2n) is 9.97. The van der Waals surface area contributed by atoms with Gasteiger partial charge in [0.15, 0.2) is 5.60 Å². The van der Waals surface area contributed by atoms with Crippen LogP contribution in [0.1, 0.15) is 62.1 Å². The van der Waals surface area contributed by atoms with Crippen molar-refractivity contribution in [3.05, 3.63) is 70.3 Å². The molecule has 0 aliphatic carbocycles. The van der Waals surface area contributed by atoms with E-state index in [-0.39, 0.29) is 5.56 Å². The van der Waals surface area contributed by atoms with Gasteiger partial charge in [-0.2, -0.15) is 0 Å². The minimum Gasteiger partial charge on any atom is -0.487 e. The number of unbranched alkanes of at least 4 members (excludes halogenated alkanes) is 1. The van der Waals surface area contributed by atoms with E-state index in [1.165, 1.54) is 11.0 Å². The standard InChI is InChI=1S/C30H39ClN2O5/c1-4-5-6-7-9-17-33(3)28(34)20-30(37,29(35)36)24-13-15-27-26(19-24)32(2)16-10-8-11-22-18-25(31)14-12-23(22)21-38-27/h6-7,12-15,18-19,37H,4-5,8-11,16-17,20-21H2,1-3H3,(H,35,36)/b7-6-. The molecule has 0 saturated carbocycles. The molecule has 7 nitrogen and oxygen atoms in total. The molecule has 206 valence electrons. The summed E-state index contributed by atoms with van der Waals surface area (Å²) in [6.07, 6.45) is 8.99. The van der Waals surface area contributed by atoms with Crippen LogP contribution in [-0.4, -0.2) is 54.2 Å². The van der Waals surface area contributed by atoms with Crippen LogP contribution in [0.25, 0.3) is 0 Å². The zero-order valence-corrected chi connectivity index (χ0v) is 23.3. The van der Waals surface area contributed by atoms with Crippen molar-refractivity contribution in [3.8, 4) is 5.75 Å². The number of carbonyl (C=O) groups is 2. The fourth-order valence-electron chi connectivity index (χ4n) is 4.55. The maximum absolute atomic E-state index is 12.9. The molecule has 2 N–H and O–H groups in total. The summed E-state index contributed by atoms with van der Waals surface area (Å²) in [6, 6.07) is 10.6. The Hall–Kier alpha value is -3.03. The number of anilines is 1. The van der Waals surface area contributed by atoms with E-state index in [1.807, 2.05) is 36.2 Å². The van der Waals surface area contributed by atoms with Gasteiger partial charge in [-0.3, -0.25) is 4.79 Å². The minimum absolute atomic E-state index is 0.144. The molecule has 0 fully saturated rings. The Morgan fingerprint density at radius 3 is 2.63 bits per heavy atom. The molecule has 0 spiro atoms. The Morgan fingerprint density at radius 1 is 1.13 bits per heavy atom. The number of aliphatic carboxylic acids is 1. The fraction of sp³-hybridized carbons (Fsp3) is 0.467. The molecule has 1 aliphatic rings. The van der Waals surface area contributed by atoms with Gasteiger partial charge < -0.3 is 24.7 Å². The molecule has 1 unspecified atom stereocenters. The summed E-state index contributed by atoms with van der Waals surface area (Å²) in [6.45, 7) is 3.60. The third kappa shape index (κ3) is 7.51. The molecular formula is C30H39ClN2O5. The van der Waals surface area contributed by atoms with Crippen molar-refractivity contribution in [3.63, 3.8) is 0 Å². The molecule has 0 bridgehead atoms. The van der Waals surface area contributed by atoms with Crippen LogP contribution in [0.2, 0.25) is 5.02 Å². The molecule has 1 aliphatic heterocycles. The van der Waals surface area contributed by atoms with Crippen molar-refractivity contribution in [2.24, 2.45) is 0 Å². The summed E-state index contributed by atoms with van der Waals surface area (Å²) in [5.41, 5.74) is 0.653. The first-order chi connectivity index (χ1) is 18.2. The summed E-state index contributed by atoms with van der Waals surface area (Å²) in [5.74, 6) is -1.32. The average molecular weight is 543 g/mol. The largest absolute Gasteiger partial charge is 0.487 e. The summed E-state index contributed by atoms with van der Waals surface area (Å²) in [7, 11) is 3.54. The molecular weight excluding hydrogens is 504 g/mol. The van der Waals surface area contributed by atoms with E-state index in [2.05, 4.69) is 13.0 Å². The van der Waals surface area contributed by atoms with E-state index in [4.69, 9.17) is 16.3 Å². The zero-order valence-electron chi connectivity index (χ0n) is 22.6. The van der Waals surface area contributed by atoms with E-state index in [0.29, 0.717) is 42.6 Å². The van der Waals surface area contributed by atoms with E-state index in [1.54, 1.807) is 19.2 Å². The first-order valence-electron chi connectivity index (χ1n) is 13.3. The summed E-state index contributed by atoms with van der Waals surface area (Å²) < 4.78 is 6.18. The molecule has 0 aromatic heterocycles. The number of rotatable bonds is 9. The third-order valence-electron chi connectivity index (χ3n) is 7.03. The number of nitrogens with zero attached hydrogens (tertiary/aromatic N) is 2. The number of hydrogen-bond acceptors (Lipinski definition) is 5. The minimum atomic E-state index is -2.37. The highest BCUT2D eigenvalue weighted by atomic mass is 35.5. The van der Waals surface area contributed by atoms with Crippen LogP contribution in [0.4, 0.5) is 5.69 Å². The molecule has 38 heavy (non-hydrogen) atoms. The van der Waals surface area contributed by atoms with E-state index in [0.717, 1.165) is 43.2 Å². The van der Waals surface area contributed by atoms with Gasteiger partial charge in [0, 0.05) is 32.2 Å². The van der Waals surface area contributed by atoms with Gasteiger partial charge in [0.25, 0.3) is 0 Å². The van der Waals surface area contributed by atoms with Crippen molar-refractivity contribution >= 4 is 29.2 Å². The number of carboxylic acid groups (broad SMARTS) is 1. The van der Waals surface area contributed by atoms with Gasteiger partial charge in [-0.05, 0) is 73.1 Å². The number of aliphatic hydroxyl groups is 1. The number of carboxylic acids is 1. The SMILES string of the molecule is CCC/C=C\CCN(C)C(=O)CC(O)(C(=O)O)c1ccc2c(c1)N(C)CCCCc1cc(Cl)ccc1CO2. The Labute approximate surface area is 230 Å². The Bertz CT molecular complexity index is 1150. The summed E-state index contributed by atoms with van der Waals surface area (Å²) in [5, 5.41) is 22.0. The predicted octanol–water partition coefficient (Wildman–Crippen LogP) is 5.56. The third-order valence-corrected chi connectivity index (χ3v) is 7.26. The molecule has 3 rings (SSSR count). The smallest absolute Gasteiger partial charge is 0.340 e. The van der Waals surface area contributed by atoms with Crippen molar-refractivity contribution in [1.82, 2.24) is 4.90 Å². The van der Waals surface area contributed by atoms with E-state index < -0.39 is 23.9 Å². The molecule has 2 aromatic carbocycles. The van der Waals surface area contributed by atoms with Crippen LogP contribution in [0.3, 0.4) is 0 Å². The highest BCUT2D eigenvalue weighted by Crippen LogP contribution is 2.36. The Morgan fingerprint density at radius 2 is 1.89 bits per heavy atom. The number of halogens is 1. The summed E-state index contributed by atoms with van der Waals surface area (Å²) in [4.78, 5) is 28.7. The number of aryl methyl sites for hydroxylation is 1. The second kappa shape index (κ2) is 13.7. The van der Waals surface area contributed by atoms with Crippen LogP contribution in [-0.2, 0) is 28.2 Å². The van der Waals surface area contributed by atoms with Gasteiger partial charge >= 0.3 is 5.97 Å². The highest BCUT2D eigenvalue weighted by Gasteiger charge is 2.41. The number of allylic oxidation sites excluding steroid dienone is 1. The molecule has 0 radical (unpaired) electrons. The van der Waals surface area contributed by atoms with Crippen molar-refractivity contribution in [2.75, 3.05) is 32.1 Å². The topological polar surface area (TPSA) is 90.3 Å². The normalized spacial score (nSPS) is 15.6. The molecule has 2 aromatic rings. The van der Waals surface area contributed by atoms with Gasteiger partial charge in [-0.1, -0.05) is 49.2 Å². The maximum Gasteiger partial charge on any atom is 0.340 e. The van der Waals surface area contributed by atoms with Crippen LogP contribution < -0.4 is 9.64 Å². The van der Waals surface area contributed by atoms with Crippen molar-refractivity contribution < 1.29 is 24.5 Å². The summed E-state index contributed by atoms with van der Waals surface area (Å²) >= 11 is 6.21. The fourth-order valence-corrected chi connectivity index (χ4v) is 4.75. The lowest BCUT2D eigenvalue weighted by Crippen LogP contribution is -2.42. The Balaban J connectivity index is 1.84. The highest BCUT2D eigenvalue weighted by molar-refractivity contribution is 6.30. The van der Waals surface area contributed by atoms with Gasteiger partial charge in [-0.25, -0.2) is 4.79 Å². The molecule has 1 heterocycles. The molecule has 1 atom stereocenters. The number of fused-ring (bicyclic) bond motifs is 2. The van der Waals surface area contributed by atoms with Crippen molar-refractivity contribution in [2.45, 2.75) is 64.1 Å². The molecule has 8 heteroatoms. The van der Waals surface area contributed by atoms with Gasteiger partial charge in [0.05, 0.1) is 12.1 Å². The quantitative estimate of drug-likeness (QED) is 0.403. The van der Waals surface area contributed by atoms with Crippen molar-refractivity contribution in [1.29, 1.82) is 0 Å². The number of ether oxygens (including phenoxy) is 1. The number of amides is 1. The van der Waals surface area contributed by atoms with Gasteiger partial charge in [0.1, 0.15) is 12.4 Å². The van der Waals surface area contributed by atoms with Crippen LogP contribution in [0.15, 0.2) is 48.6 Å².